The fourth-order valence-corrected chi connectivity index (χ4v) is 4.21. The Balaban J connectivity index is 1.34. The Morgan fingerprint density at radius 2 is 2.18 bits per heavy atom. The number of aromatic nitrogens is 2. The first-order valence-electron chi connectivity index (χ1n) is 8.76. The van der Waals surface area contributed by atoms with E-state index in [1.807, 2.05) is 6.07 Å². The van der Waals surface area contributed by atoms with Crippen molar-refractivity contribution in [3.8, 4) is 0 Å². The van der Waals surface area contributed by atoms with Crippen molar-refractivity contribution >= 4 is 5.82 Å². The van der Waals surface area contributed by atoms with Gasteiger partial charge in [0.25, 0.3) is 0 Å². The molecule has 1 aromatic rings. The maximum Gasteiger partial charge on any atom is 0.151 e. The van der Waals surface area contributed by atoms with Gasteiger partial charge >= 0.3 is 0 Å². The van der Waals surface area contributed by atoms with Crippen LogP contribution in [0.4, 0.5) is 5.82 Å². The van der Waals surface area contributed by atoms with Crippen LogP contribution in [0.5, 0.6) is 0 Å². The van der Waals surface area contributed by atoms with Gasteiger partial charge in [-0.25, -0.2) is 0 Å². The minimum atomic E-state index is 0.231. The van der Waals surface area contributed by atoms with Crippen LogP contribution in [0.2, 0.25) is 0 Å². The van der Waals surface area contributed by atoms with E-state index in [1.165, 1.54) is 38.5 Å². The summed E-state index contributed by atoms with van der Waals surface area (Å²) in [5, 5.41) is 12.2. The molecule has 1 aromatic heterocycles. The molecule has 120 valence electrons. The summed E-state index contributed by atoms with van der Waals surface area (Å²) >= 11 is 0. The fourth-order valence-electron chi connectivity index (χ4n) is 4.21. The monoisotopic (exact) mass is 302 g/mol. The quantitative estimate of drug-likeness (QED) is 0.927. The zero-order valence-electron chi connectivity index (χ0n) is 13.2. The van der Waals surface area contributed by atoms with Crippen LogP contribution in [-0.2, 0) is 4.74 Å². The highest BCUT2D eigenvalue weighted by Gasteiger charge is 2.42. The molecule has 5 nitrogen and oxygen atoms in total. The molecule has 22 heavy (non-hydrogen) atoms. The Morgan fingerprint density at radius 3 is 2.95 bits per heavy atom. The van der Waals surface area contributed by atoms with Gasteiger partial charge in [0.05, 0.1) is 5.60 Å². The second-order valence-corrected chi connectivity index (χ2v) is 7.11. The molecule has 3 heterocycles. The molecule has 3 aliphatic rings. The number of ether oxygens (including phenoxy) is 1. The molecule has 2 saturated heterocycles. The first-order chi connectivity index (χ1) is 10.8. The summed E-state index contributed by atoms with van der Waals surface area (Å²) in [6, 6.07) is 5.22. The van der Waals surface area contributed by atoms with Crippen LogP contribution in [0.15, 0.2) is 18.3 Å². The van der Waals surface area contributed by atoms with Crippen LogP contribution in [0.3, 0.4) is 0 Å². The number of nitrogens with zero attached hydrogens (tertiary/aromatic N) is 3. The summed E-state index contributed by atoms with van der Waals surface area (Å²) in [4.78, 5) is 2.37. The summed E-state index contributed by atoms with van der Waals surface area (Å²) in [7, 11) is 0. The van der Waals surface area contributed by atoms with Crippen molar-refractivity contribution in [2.24, 2.45) is 0 Å². The normalized spacial score (nSPS) is 31.0. The summed E-state index contributed by atoms with van der Waals surface area (Å²) < 4.78 is 6.04. The highest BCUT2D eigenvalue weighted by molar-refractivity contribution is 5.37. The Labute approximate surface area is 132 Å². The lowest BCUT2D eigenvalue weighted by Crippen LogP contribution is -2.55. The molecule has 3 fully saturated rings. The Hall–Kier alpha value is -1.20. The number of rotatable bonds is 3. The Bertz CT molecular complexity index is 491. The Morgan fingerprint density at radius 1 is 1.23 bits per heavy atom. The van der Waals surface area contributed by atoms with Gasteiger partial charge in [0.2, 0.25) is 0 Å². The predicted octanol–water partition coefficient (Wildman–Crippen LogP) is 2.14. The average Bonchev–Trinajstić information content (AvgIpc) is 2.55. The van der Waals surface area contributed by atoms with E-state index < -0.39 is 0 Å². The average molecular weight is 302 g/mol. The highest BCUT2D eigenvalue weighted by Crippen LogP contribution is 2.42. The van der Waals surface area contributed by atoms with E-state index >= 15 is 0 Å². The molecular weight excluding hydrogens is 276 g/mol. The summed E-state index contributed by atoms with van der Waals surface area (Å²) in [6.45, 7) is 3.07. The minimum Gasteiger partial charge on any atom is -0.375 e. The Kier molecular flexibility index (Phi) is 4.01. The lowest BCUT2D eigenvalue weighted by atomic mass is 9.74. The molecule has 0 amide bonds. The maximum absolute atomic E-state index is 6.04. The second-order valence-electron chi connectivity index (χ2n) is 7.11. The van der Waals surface area contributed by atoms with Crippen LogP contribution in [0.25, 0.3) is 0 Å². The molecule has 0 radical (unpaired) electrons. The molecular formula is C17H26N4O. The van der Waals surface area contributed by atoms with Gasteiger partial charge < -0.3 is 15.0 Å². The van der Waals surface area contributed by atoms with E-state index in [0.29, 0.717) is 12.1 Å². The molecule has 0 bridgehead atoms. The number of hydrogen-bond donors (Lipinski definition) is 1. The van der Waals surface area contributed by atoms with Gasteiger partial charge in [-0.05, 0) is 57.1 Å². The number of hydrogen-bond acceptors (Lipinski definition) is 5. The molecule has 2 aliphatic heterocycles. The predicted molar refractivity (Wildman–Crippen MR) is 86.0 cm³/mol. The standard InChI is InChI=1S/C17H26N4O/c1-5-16(20-18-9-1)21-10-2-4-15(13-21)19-14-6-11-22-17(12-14)7-3-8-17/h1,5,9,14-15,19H,2-4,6-8,10-13H2/t14-,15-/m0/s1. The third kappa shape index (κ3) is 2.97. The molecule has 1 N–H and O–H groups in total. The van der Waals surface area contributed by atoms with Crippen molar-refractivity contribution < 1.29 is 4.74 Å². The third-order valence-corrected chi connectivity index (χ3v) is 5.53. The van der Waals surface area contributed by atoms with E-state index in [2.05, 4.69) is 26.5 Å². The molecule has 4 rings (SSSR count). The van der Waals surface area contributed by atoms with Gasteiger partial charge in [0, 0.05) is 38.0 Å². The molecule has 0 unspecified atom stereocenters. The number of anilines is 1. The number of nitrogens with one attached hydrogen (secondary N) is 1. The van der Waals surface area contributed by atoms with Gasteiger partial charge in [0.1, 0.15) is 0 Å². The topological polar surface area (TPSA) is 50.3 Å². The maximum atomic E-state index is 6.04. The minimum absolute atomic E-state index is 0.231. The van der Waals surface area contributed by atoms with Crippen LogP contribution in [0, 0.1) is 0 Å². The first-order valence-corrected chi connectivity index (χ1v) is 8.76. The first kappa shape index (κ1) is 14.4. The van der Waals surface area contributed by atoms with Crippen LogP contribution in [0.1, 0.15) is 44.9 Å². The van der Waals surface area contributed by atoms with Crippen LogP contribution >= 0.6 is 0 Å². The summed E-state index contributed by atoms with van der Waals surface area (Å²) in [5.41, 5.74) is 0.231. The molecule has 1 aliphatic carbocycles. The van der Waals surface area contributed by atoms with Crippen molar-refractivity contribution in [3.05, 3.63) is 18.3 Å². The SMILES string of the molecule is c1cnnc(N2CCC[C@H](N[C@H]3CCOC4(CCC4)C3)C2)c1. The van der Waals surface area contributed by atoms with Gasteiger partial charge in [0.15, 0.2) is 5.82 Å². The highest BCUT2D eigenvalue weighted by atomic mass is 16.5. The zero-order valence-corrected chi connectivity index (χ0v) is 13.2. The third-order valence-electron chi connectivity index (χ3n) is 5.53. The summed E-state index contributed by atoms with van der Waals surface area (Å²) in [5.74, 6) is 1.01. The largest absolute Gasteiger partial charge is 0.375 e. The van der Waals surface area contributed by atoms with E-state index in [-0.39, 0.29) is 5.60 Å². The van der Waals surface area contributed by atoms with Crippen molar-refractivity contribution in [3.63, 3.8) is 0 Å². The molecule has 2 atom stereocenters. The fraction of sp³-hybridized carbons (Fsp3) is 0.765. The second kappa shape index (κ2) is 6.13. The van der Waals surface area contributed by atoms with E-state index in [4.69, 9.17) is 4.74 Å². The zero-order chi connectivity index (χ0) is 14.8. The smallest absolute Gasteiger partial charge is 0.151 e. The molecule has 1 spiro atoms. The van der Waals surface area contributed by atoms with E-state index in [0.717, 1.165) is 31.9 Å². The van der Waals surface area contributed by atoms with Crippen molar-refractivity contribution in [2.75, 3.05) is 24.6 Å². The van der Waals surface area contributed by atoms with E-state index in [9.17, 15) is 0 Å². The van der Waals surface area contributed by atoms with Crippen LogP contribution < -0.4 is 10.2 Å². The van der Waals surface area contributed by atoms with Gasteiger partial charge in [-0.3, -0.25) is 0 Å². The summed E-state index contributed by atoms with van der Waals surface area (Å²) in [6.07, 6.45) is 10.5. The van der Waals surface area contributed by atoms with Crippen molar-refractivity contribution in [1.82, 2.24) is 15.5 Å². The van der Waals surface area contributed by atoms with Crippen molar-refractivity contribution in [2.45, 2.75) is 62.6 Å². The van der Waals surface area contributed by atoms with E-state index in [1.54, 1.807) is 6.20 Å². The number of piperidine rings is 1. The molecule has 1 saturated carbocycles. The molecule has 5 heteroatoms. The van der Waals surface area contributed by atoms with Gasteiger partial charge in [-0.15, -0.1) is 5.10 Å². The van der Waals surface area contributed by atoms with Crippen LogP contribution in [-0.4, -0.2) is 47.6 Å². The van der Waals surface area contributed by atoms with Crippen molar-refractivity contribution in [1.29, 1.82) is 0 Å². The lowest BCUT2D eigenvalue weighted by molar-refractivity contribution is -0.136. The lowest BCUT2D eigenvalue weighted by Gasteiger charge is -2.48. The van der Waals surface area contributed by atoms with Gasteiger partial charge in [-0.2, -0.15) is 5.10 Å². The molecule has 0 aromatic carbocycles. The van der Waals surface area contributed by atoms with Gasteiger partial charge in [-0.1, -0.05) is 0 Å².